The van der Waals surface area contributed by atoms with Gasteiger partial charge in [-0.25, -0.2) is 0 Å². The molecule has 0 aliphatic carbocycles. The van der Waals surface area contributed by atoms with Crippen LogP contribution >= 0.6 is 11.3 Å². The second-order valence-electron chi connectivity index (χ2n) is 7.32. The molecule has 0 amide bonds. The number of aryl methyl sites for hydroxylation is 3. The Morgan fingerprint density at radius 3 is 2.94 bits per heavy atom. The minimum absolute atomic E-state index is 0.0782. The highest BCUT2D eigenvalue weighted by Gasteiger charge is 2.17. The maximum atomic E-state index is 12.6. The Labute approximate surface area is 185 Å². The predicted octanol–water partition coefficient (Wildman–Crippen LogP) is 2.68. The molecule has 162 valence electrons. The maximum Gasteiger partial charge on any atom is 0.306 e. The van der Waals surface area contributed by atoms with Crippen LogP contribution in [0, 0.1) is 6.92 Å². The Bertz CT molecular complexity index is 1500. The Morgan fingerprint density at radius 2 is 2.12 bits per heavy atom. The van der Waals surface area contributed by atoms with E-state index in [1.807, 2.05) is 41.9 Å². The molecule has 5 aromatic rings. The van der Waals surface area contributed by atoms with E-state index in [-0.39, 0.29) is 25.0 Å². The van der Waals surface area contributed by atoms with Crippen molar-refractivity contribution in [2.45, 2.75) is 26.4 Å². The van der Waals surface area contributed by atoms with Gasteiger partial charge in [-0.2, -0.15) is 16.3 Å². The van der Waals surface area contributed by atoms with Crippen LogP contribution in [0.2, 0.25) is 0 Å². The minimum Gasteiger partial charge on any atom is -0.457 e. The van der Waals surface area contributed by atoms with E-state index in [4.69, 9.17) is 9.26 Å². The summed E-state index contributed by atoms with van der Waals surface area (Å²) in [5, 5.41) is 16.6. The van der Waals surface area contributed by atoms with Crippen LogP contribution in [0.3, 0.4) is 0 Å². The number of aromatic nitrogens is 6. The van der Waals surface area contributed by atoms with Crippen LogP contribution in [0.1, 0.15) is 23.7 Å². The SMILES string of the molecule is Cc1ccc2c(c1)c(=O)n(C)c1nnc(COC(=O)CCc3nc(-c4ccsc4)no3)n21. The van der Waals surface area contributed by atoms with Crippen molar-refractivity contribution in [3.8, 4) is 11.4 Å². The topological polar surface area (TPSA) is 117 Å². The summed E-state index contributed by atoms with van der Waals surface area (Å²) >= 11 is 1.54. The van der Waals surface area contributed by atoms with E-state index in [1.54, 1.807) is 22.8 Å². The van der Waals surface area contributed by atoms with Crippen molar-refractivity contribution >= 4 is 34.0 Å². The van der Waals surface area contributed by atoms with Gasteiger partial charge in [0, 0.05) is 24.4 Å². The number of thiophene rings is 1. The zero-order valence-electron chi connectivity index (χ0n) is 17.3. The van der Waals surface area contributed by atoms with Crippen LogP contribution in [0.25, 0.3) is 28.1 Å². The fourth-order valence-electron chi connectivity index (χ4n) is 3.44. The lowest BCUT2D eigenvalue weighted by Gasteiger charge is -2.09. The number of fused-ring (bicyclic) bond motifs is 3. The van der Waals surface area contributed by atoms with E-state index >= 15 is 0 Å². The van der Waals surface area contributed by atoms with Gasteiger partial charge in [-0.15, -0.1) is 10.2 Å². The first-order chi connectivity index (χ1) is 15.5. The number of esters is 1. The lowest BCUT2D eigenvalue weighted by atomic mass is 10.1. The highest BCUT2D eigenvalue weighted by atomic mass is 32.1. The minimum atomic E-state index is -0.429. The van der Waals surface area contributed by atoms with Gasteiger partial charge in [0.05, 0.1) is 17.3 Å². The fraction of sp³-hybridized carbons (Fsp3) is 0.238. The second-order valence-corrected chi connectivity index (χ2v) is 8.10. The van der Waals surface area contributed by atoms with Crippen molar-refractivity contribution in [3.63, 3.8) is 0 Å². The van der Waals surface area contributed by atoms with E-state index in [1.165, 1.54) is 4.57 Å². The number of benzene rings is 1. The summed E-state index contributed by atoms with van der Waals surface area (Å²) in [6.45, 7) is 1.84. The van der Waals surface area contributed by atoms with Crippen LogP contribution in [-0.4, -0.2) is 35.3 Å². The highest BCUT2D eigenvalue weighted by molar-refractivity contribution is 7.08. The summed E-state index contributed by atoms with van der Waals surface area (Å²) in [4.78, 5) is 29.2. The van der Waals surface area contributed by atoms with Crippen LogP contribution < -0.4 is 5.56 Å². The molecular formula is C21H18N6O4S. The van der Waals surface area contributed by atoms with Gasteiger partial charge in [0.25, 0.3) is 5.56 Å². The molecule has 0 fully saturated rings. The molecule has 0 atom stereocenters. The molecule has 5 rings (SSSR count). The number of carbonyl (C=O) groups is 1. The number of hydrogen-bond acceptors (Lipinski definition) is 9. The zero-order valence-corrected chi connectivity index (χ0v) is 18.1. The molecule has 0 saturated heterocycles. The van der Waals surface area contributed by atoms with Gasteiger partial charge in [-0.1, -0.05) is 16.8 Å². The van der Waals surface area contributed by atoms with Gasteiger partial charge < -0.3 is 9.26 Å². The van der Waals surface area contributed by atoms with E-state index < -0.39 is 5.97 Å². The molecule has 0 radical (unpaired) electrons. The average Bonchev–Trinajstić information content (AvgIpc) is 3.55. The third-order valence-corrected chi connectivity index (χ3v) is 5.78. The molecule has 0 N–H and O–H groups in total. The standard InChI is InChI=1S/C21H18N6O4S/c1-12-3-4-15-14(9-12)20(29)26(2)21-24-23-16(27(15)21)10-30-18(28)6-5-17-22-19(25-31-17)13-7-8-32-11-13/h3-4,7-9,11H,5-6,10H2,1-2H3. The number of rotatable bonds is 6. The van der Waals surface area contributed by atoms with Gasteiger partial charge in [0.15, 0.2) is 12.4 Å². The summed E-state index contributed by atoms with van der Waals surface area (Å²) in [6, 6.07) is 7.47. The predicted molar refractivity (Wildman–Crippen MR) is 116 cm³/mol. The van der Waals surface area contributed by atoms with Crippen molar-refractivity contribution in [2.24, 2.45) is 7.05 Å². The van der Waals surface area contributed by atoms with Crippen molar-refractivity contribution in [2.75, 3.05) is 0 Å². The Kier molecular flexibility index (Phi) is 5.02. The van der Waals surface area contributed by atoms with Gasteiger partial charge in [-0.05, 0) is 30.5 Å². The van der Waals surface area contributed by atoms with Crippen molar-refractivity contribution in [3.05, 3.63) is 62.7 Å². The first-order valence-electron chi connectivity index (χ1n) is 9.85. The summed E-state index contributed by atoms with van der Waals surface area (Å²) < 4.78 is 13.8. The third kappa shape index (κ3) is 3.56. The lowest BCUT2D eigenvalue weighted by molar-refractivity contribution is -0.145. The van der Waals surface area contributed by atoms with E-state index in [0.29, 0.717) is 34.2 Å². The van der Waals surface area contributed by atoms with Crippen LogP contribution in [0.15, 0.2) is 44.3 Å². The van der Waals surface area contributed by atoms with E-state index in [0.717, 1.165) is 11.1 Å². The maximum absolute atomic E-state index is 12.6. The Hall–Kier alpha value is -3.86. The van der Waals surface area contributed by atoms with Crippen molar-refractivity contribution < 1.29 is 14.1 Å². The molecule has 0 aliphatic heterocycles. The molecule has 0 unspecified atom stereocenters. The van der Waals surface area contributed by atoms with Gasteiger partial charge >= 0.3 is 5.97 Å². The van der Waals surface area contributed by atoms with Gasteiger partial charge in [-0.3, -0.25) is 18.6 Å². The average molecular weight is 450 g/mol. The summed E-state index contributed by atoms with van der Waals surface area (Å²) in [5.74, 6) is 1.24. The Morgan fingerprint density at radius 1 is 1.25 bits per heavy atom. The number of hydrogen-bond donors (Lipinski definition) is 0. The molecule has 4 aromatic heterocycles. The molecule has 0 saturated carbocycles. The van der Waals surface area contributed by atoms with E-state index in [9.17, 15) is 9.59 Å². The second kappa shape index (κ2) is 8.00. The molecule has 11 heteroatoms. The molecule has 0 bridgehead atoms. The van der Waals surface area contributed by atoms with Gasteiger partial charge in [0.2, 0.25) is 17.5 Å². The van der Waals surface area contributed by atoms with Gasteiger partial charge in [0.1, 0.15) is 0 Å². The quantitative estimate of drug-likeness (QED) is 0.363. The monoisotopic (exact) mass is 450 g/mol. The zero-order chi connectivity index (χ0) is 22.2. The summed E-state index contributed by atoms with van der Waals surface area (Å²) in [6.07, 6.45) is 0.355. The summed E-state index contributed by atoms with van der Waals surface area (Å²) in [5.41, 5.74) is 2.35. The normalized spacial score (nSPS) is 11.4. The third-order valence-electron chi connectivity index (χ3n) is 5.09. The number of nitrogens with zero attached hydrogens (tertiary/aromatic N) is 6. The first kappa shape index (κ1) is 20.1. The molecular weight excluding hydrogens is 432 g/mol. The first-order valence-corrected chi connectivity index (χ1v) is 10.8. The van der Waals surface area contributed by atoms with Crippen LogP contribution in [0.4, 0.5) is 0 Å². The Balaban J connectivity index is 1.31. The van der Waals surface area contributed by atoms with E-state index in [2.05, 4.69) is 20.3 Å². The molecule has 10 nitrogen and oxygen atoms in total. The molecule has 0 spiro atoms. The smallest absolute Gasteiger partial charge is 0.306 e. The van der Waals surface area contributed by atoms with Crippen LogP contribution in [-0.2, 0) is 29.6 Å². The van der Waals surface area contributed by atoms with Crippen LogP contribution in [0.5, 0.6) is 0 Å². The highest BCUT2D eigenvalue weighted by Crippen LogP contribution is 2.19. The fourth-order valence-corrected chi connectivity index (χ4v) is 4.08. The largest absolute Gasteiger partial charge is 0.457 e. The van der Waals surface area contributed by atoms with Crippen molar-refractivity contribution in [1.82, 2.24) is 29.3 Å². The number of carbonyl (C=O) groups excluding carboxylic acids is 1. The molecule has 0 aliphatic rings. The molecule has 1 aromatic carbocycles. The molecule has 4 heterocycles. The van der Waals surface area contributed by atoms with Crippen molar-refractivity contribution in [1.29, 1.82) is 0 Å². The number of ether oxygens (including phenoxy) is 1. The summed E-state index contributed by atoms with van der Waals surface area (Å²) in [7, 11) is 1.64. The molecule has 32 heavy (non-hydrogen) atoms. The lowest BCUT2D eigenvalue weighted by Crippen LogP contribution is -2.20.